The van der Waals surface area contributed by atoms with Crippen LogP contribution in [0, 0.1) is 0 Å². The fourth-order valence-electron chi connectivity index (χ4n) is 4.05. The van der Waals surface area contributed by atoms with Gasteiger partial charge in [0.1, 0.15) is 17.9 Å². The number of nitrogens with zero attached hydrogens (tertiary/aromatic N) is 3. The lowest BCUT2D eigenvalue weighted by Gasteiger charge is -2.39. The number of ether oxygens (including phenoxy) is 1. The van der Waals surface area contributed by atoms with Crippen LogP contribution in [0.25, 0.3) is 10.8 Å². The first-order chi connectivity index (χ1) is 14.1. The molecule has 6 nitrogen and oxygen atoms in total. The van der Waals surface area contributed by atoms with Gasteiger partial charge in [-0.1, -0.05) is 30.3 Å². The van der Waals surface area contributed by atoms with Crippen molar-refractivity contribution in [1.29, 1.82) is 0 Å². The highest BCUT2D eigenvalue weighted by molar-refractivity contribution is 5.84. The molecule has 1 N–H and O–H groups in total. The fourth-order valence-corrected chi connectivity index (χ4v) is 4.05. The summed E-state index contributed by atoms with van der Waals surface area (Å²) in [6.45, 7) is 1.17. The Bertz CT molecular complexity index is 1060. The molecule has 6 heteroatoms. The Morgan fingerprint density at radius 3 is 2.52 bits per heavy atom. The summed E-state index contributed by atoms with van der Waals surface area (Å²) in [6, 6.07) is 15.8. The summed E-state index contributed by atoms with van der Waals surface area (Å²) < 4.78 is 6.11. The van der Waals surface area contributed by atoms with Crippen LogP contribution in [0.1, 0.15) is 37.3 Å². The van der Waals surface area contributed by atoms with Gasteiger partial charge in [-0.05, 0) is 35.7 Å². The SMILES string of the molecule is O=C(O)C1(Oc2ccc3ccccc3c2)CCN(c2cc(C3CC3)ncn2)CC1. The van der Waals surface area contributed by atoms with Crippen LogP contribution in [0.4, 0.5) is 5.82 Å². The third kappa shape index (κ3) is 3.50. The first-order valence-electron chi connectivity index (χ1n) is 10.1. The average Bonchev–Trinajstić information content (AvgIpc) is 3.60. The molecule has 29 heavy (non-hydrogen) atoms. The smallest absolute Gasteiger partial charge is 0.348 e. The molecule has 5 rings (SSSR count). The second-order valence-corrected chi connectivity index (χ2v) is 7.97. The number of hydrogen-bond acceptors (Lipinski definition) is 5. The molecule has 1 saturated heterocycles. The number of carboxylic acid groups (broad SMARTS) is 1. The average molecular weight is 389 g/mol. The van der Waals surface area contributed by atoms with Crippen molar-refractivity contribution in [3.63, 3.8) is 0 Å². The van der Waals surface area contributed by atoms with E-state index in [1.807, 2.05) is 42.5 Å². The van der Waals surface area contributed by atoms with Crippen LogP contribution in [0.15, 0.2) is 54.9 Å². The lowest BCUT2D eigenvalue weighted by molar-refractivity contribution is -0.157. The lowest BCUT2D eigenvalue weighted by atomic mass is 9.91. The second kappa shape index (κ2) is 7.03. The van der Waals surface area contributed by atoms with E-state index in [-0.39, 0.29) is 0 Å². The summed E-state index contributed by atoms with van der Waals surface area (Å²) in [7, 11) is 0. The van der Waals surface area contributed by atoms with Crippen molar-refractivity contribution in [3.8, 4) is 5.75 Å². The molecule has 3 aromatic rings. The number of carbonyl (C=O) groups is 1. The Morgan fingerprint density at radius 1 is 1.03 bits per heavy atom. The zero-order valence-corrected chi connectivity index (χ0v) is 16.1. The van der Waals surface area contributed by atoms with Crippen molar-refractivity contribution in [2.45, 2.75) is 37.2 Å². The van der Waals surface area contributed by atoms with Gasteiger partial charge in [-0.25, -0.2) is 14.8 Å². The van der Waals surface area contributed by atoms with Crippen molar-refractivity contribution in [2.75, 3.05) is 18.0 Å². The molecule has 2 heterocycles. The van der Waals surface area contributed by atoms with E-state index in [0.717, 1.165) is 22.3 Å². The molecule has 1 aliphatic heterocycles. The number of anilines is 1. The summed E-state index contributed by atoms with van der Waals surface area (Å²) in [5.41, 5.74) is -0.122. The topological polar surface area (TPSA) is 75.6 Å². The van der Waals surface area contributed by atoms with Gasteiger partial charge in [-0.15, -0.1) is 0 Å². The highest BCUT2D eigenvalue weighted by Gasteiger charge is 2.44. The number of benzene rings is 2. The van der Waals surface area contributed by atoms with Crippen LogP contribution in [-0.2, 0) is 4.79 Å². The first kappa shape index (κ1) is 17.9. The molecule has 1 aromatic heterocycles. The Balaban J connectivity index is 1.34. The van der Waals surface area contributed by atoms with Gasteiger partial charge in [-0.3, -0.25) is 0 Å². The van der Waals surface area contributed by atoms with E-state index in [1.165, 1.54) is 12.8 Å². The summed E-state index contributed by atoms with van der Waals surface area (Å²) in [5, 5.41) is 12.1. The van der Waals surface area contributed by atoms with Crippen molar-refractivity contribution in [3.05, 3.63) is 60.6 Å². The Kier molecular flexibility index (Phi) is 4.34. The Morgan fingerprint density at radius 2 is 1.79 bits per heavy atom. The van der Waals surface area contributed by atoms with Gasteiger partial charge >= 0.3 is 5.97 Å². The van der Waals surface area contributed by atoms with Crippen LogP contribution in [-0.4, -0.2) is 39.7 Å². The Hall–Kier alpha value is -3.15. The molecule has 0 unspecified atom stereocenters. The molecule has 0 radical (unpaired) electrons. The Labute approximate surface area is 169 Å². The van der Waals surface area contributed by atoms with E-state index >= 15 is 0 Å². The van der Waals surface area contributed by atoms with Gasteiger partial charge in [-0.2, -0.15) is 0 Å². The summed E-state index contributed by atoms with van der Waals surface area (Å²) >= 11 is 0. The van der Waals surface area contributed by atoms with Crippen LogP contribution in [0.2, 0.25) is 0 Å². The van der Waals surface area contributed by atoms with E-state index < -0.39 is 11.6 Å². The normalized spacial score (nSPS) is 18.6. The molecular weight excluding hydrogens is 366 g/mol. The number of hydrogen-bond donors (Lipinski definition) is 1. The maximum atomic E-state index is 12.2. The van der Waals surface area contributed by atoms with Crippen molar-refractivity contribution in [1.82, 2.24) is 9.97 Å². The number of aromatic nitrogens is 2. The number of rotatable bonds is 5. The quantitative estimate of drug-likeness (QED) is 0.711. The van der Waals surface area contributed by atoms with E-state index in [2.05, 4.69) is 20.9 Å². The molecular formula is C23H23N3O3. The van der Waals surface area contributed by atoms with Gasteiger partial charge in [0, 0.05) is 43.6 Å². The predicted molar refractivity (Wildman–Crippen MR) is 110 cm³/mol. The standard InChI is InChI=1S/C23H23N3O3/c27-22(28)23(29-19-8-7-16-3-1-2-4-18(16)13-19)9-11-26(12-10-23)21-14-20(17-5-6-17)24-15-25-21/h1-4,7-8,13-15,17H,5-6,9-12H2,(H,27,28). The van der Waals surface area contributed by atoms with Crippen LogP contribution >= 0.6 is 0 Å². The lowest BCUT2D eigenvalue weighted by Crippen LogP contribution is -2.53. The van der Waals surface area contributed by atoms with Gasteiger partial charge in [0.15, 0.2) is 0 Å². The van der Waals surface area contributed by atoms with E-state index in [4.69, 9.17) is 4.74 Å². The zero-order chi connectivity index (χ0) is 19.8. The third-order valence-corrected chi connectivity index (χ3v) is 5.99. The van der Waals surface area contributed by atoms with E-state index in [1.54, 1.807) is 6.33 Å². The molecule has 2 aliphatic rings. The number of fused-ring (bicyclic) bond motifs is 1. The van der Waals surface area contributed by atoms with Crippen LogP contribution in [0.3, 0.4) is 0 Å². The van der Waals surface area contributed by atoms with Gasteiger partial charge in [0.2, 0.25) is 5.60 Å². The maximum Gasteiger partial charge on any atom is 0.348 e. The van der Waals surface area contributed by atoms with Gasteiger partial charge in [0.05, 0.1) is 0 Å². The number of aliphatic carboxylic acids is 1. The molecule has 0 amide bonds. The predicted octanol–water partition coefficient (Wildman–Crippen LogP) is 4.01. The minimum absolute atomic E-state index is 0.401. The highest BCUT2D eigenvalue weighted by Crippen LogP contribution is 2.40. The zero-order valence-electron chi connectivity index (χ0n) is 16.1. The number of carboxylic acids is 1. The van der Waals surface area contributed by atoms with Crippen LogP contribution in [0.5, 0.6) is 5.75 Å². The fraction of sp³-hybridized carbons (Fsp3) is 0.348. The molecule has 2 fully saturated rings. The van der Waals surface area contributed by atoms with Gasteiger partial charge < -0.3 is 14.7 Å². The summed E-state index contributed by atoms with van der Waals surface area (Å²) in [4.78, 5) is 23.1. The largest absolute Gasteiger partial charge is 0.478 e. The highest BCUT2D eigenvalue weighted by atomic mass is 16.5. The molecule has 148 valence electrons. The van der Waals surface area contributed by atoms with Crippen molar-refractivity contribution < 1.29 is 14.6 Å². The third-order valence-electron chi connectivity index (χ3n) is 5.99. The van der Waals surface area contributed by atoms with E-state index in [0.29, 0.717) is 37.6 Å². The summed E-state index contributed by atoms with van der Waals surface area (Å²) in [6.07, 6.45) is 4.81. The van der Waals surface area contributed by atoms with E-state index in [9.17, 15) is 9.90 Å². The molecule has 0 atom stereocenters. The molecule has 1 aliphatic carbocycles. The van der Waals surface area contributed by atoms with Crippen LogP contribution < -0.4 is 9.64 Å². The van der Waals surface area contributed by atoms with Gasteiger partial charge in [0.25, 0.3) is 0 Å². The van der Waals surface area contributed by atoms with Crippen molar-refractivity contribution >= 4 is 22.6 Å². The minimum atomic E-state index is -1.22. The minimum Gasteiger partial charge on any atom is -0.478 e. The molecule has 2 aromatic carbocycles. The molecule has 0 bridgehead atoms. The second-order valence-electron chi connectivity index (χ2n) is 7.97. The number of piperidine rings is 1. The molecule has 0 spiro atoms. The summed E-state index contributed by atoms with van der Waals surface area (Å²) in [5.74, 6) is 1.13. The molecule has 1 saturated carbocycles. The maximum absolute atomic E-state index is 12.2. The van der Waals surface area contributed by atoms with Crippen molar-refractivity contribution in [2.24, 2.45) is 0 Å². The monoisotopic (exact) mass is 389 g/mol. The first-order valence-corrected chi connectivity index (χ1v) is 10.1.